The van der Waals surface area contributed by atoms with Crippen LogP contribution in [0.2, 0.25) is 0 Å². The number of hydrogen-bond donors (Lipinski definition) is 1. The number of hydrogen-bond acceptors (Lipinski definition) is 2. The van der Waals surface area contributed by atoms with E-state index >= 15 is 0 Å². The maximum Gasteiger partial charge on any atom is 0.0251 e. The van der Waals surface area contributed by atoms with Crippen molar-refractivity contribution < 1.29 is 0 Å². The molecule has 2 heteroatoms. The van der Waals surface area contributed by atoms with Crippen molar-refractivity contribution in [3.05, 3.63) is 0 Å². The zero-order chi connectivity index (χ0) is 14.8. The largest absolute Gasteiger partial charge is 0.312 e. The Bertz CT molecular complexity index is 223. The first-order chi connectivity index (χ1) is 9.76. The summed E-state index contributed by atoms with van der Waals surface area (Å²) in [5, 5.41) is 3.84. The van der Waals surface area contributed by atoms with Crippen LogP contribution in [0.5, 0.6) is 0 Å². The van der Waals surface area contributed by atoms with Crippen molar-refractivity contribution in [3.8, 4) is 0 Å². The third-order valence-electron chi connectivity index (χ3n) is 4.77. The molecule has 0 radical (unpaired) electrons. The molecule has 1 N–H and O–H groups in total. The molecule has 1 fully saturated rings. The molecule has 0 spiro atoms. The molecule has 2 nitrogen and oxygen atoms in total. The van der Waals surface area contributed by atoms with Crippen LogP contribution in [0, 0.1) is 5.92 Å². The molecule has 0 bridgehead atoms. The summed E-state index contributed by atoms with van der Waals surface area (Å²) in [4.78, 5) is 2.79. The molecule has 1 aliphatic rings. The van der Waals surface area contributed by atoms with Gasteiger partial charge in [0, 0.05) is 12.1 Å². The monoisotopic (exact) mass is 282 g/mol. The Morgan fingerprint density at radius 2 is 1.60 bits per heavy atom. The lowest BCUT2D eigenvalue weighted by molar-refractivity contribution is 0.0934. The number of rotatable bonds is 10. The summed E-state index contributed by atoms with van der Waals surface area (Å²) in [7, 11) is 0. The van der Waals surface area contributed by atoms with Gasteiger partial charge in [-0.25, -0.2) is 0 Å². The highest BCUT2D eigenvalue weighted by molar-refractivity contribution is 4.91. The SMILES string of the molecule is CCCNC1CCC(CCC)CC1N(CCC)CCC. The maximum atomic E-state index is 3.84. The maximum absolute atomic E-state index is 3.84. The van der Waals surface area contributed by atoms with Crippen LogP contribution in [0.1, 0.15) is 79.1 Å². The molecule has 0 saturated heterocycles. The van der Waals surface area contributed by atoms with Gasteiger partial charge < -0.3 is 5.32 Å². The molecule has 3 atom stereocenters. The summed E-state index contributed by atoms with van der Waals surface area (Å²) >= 11 is 0. The molecule has 0 aromatic heterocycles. The van der Waals surface area contributed by atoms with Gasteiger partial charge in [-0.15, -0.1) is 0 Å². The quantitative estimate of drug-likeness (QED) is 0.637. The molecule has 120 valence electrons. The summed E-state index contributed by atoms with van der Waals surface area (Å²) in [5.41, 5.74) is 0. The summed E-state index contributed by atoms with van der Waals surface area (Å²) in [5.74, 6) is 0.973. The second-order valence-corrected chi connectivity index (χ2v) is 6.63. The first kappa shape index (κ1) is 18.0. The van der Waals surface area contributed by atoms with Crippen molar-refractivity contribution in [2.45, 2.75) is 91.1 Å². The van der Waals surface area contributed by atoms with Gasteiger partial charge in [-0.05, 0) is 64.1 Å². The Hall–Kier alpha value is -0.0800. The first-order valence-corrected chi connectivity index (χ1v) is 9.24. The van der Waals surface area contributed by atoms with Crippen LogP contribution in [-0.2, 0) is 0 Å². The van der Waals surface area contributed by atoms with Crippen molar-refractivity contribution in [2.75, 3.05) is 19.6 Å². The van der Waals surface area contributed by atoms with Crippen molar-refractivity contribution in [2.24, 2.45) is 5.92 Å². The summed E-state index contributed by atoms with van der Waals surface area (Å²) < 4.78 is 0. The predicted molar refractivity (Wildman–Crippen MR) is 90.3 cm³/mol. The zero-order valence-corrected chi connectivity index (χ0v) is 14.5. The molecule has 0 aromatic carbocycles. The van der Waals surface area contributed by atoms with E-state index in [2.05, 4.69) is 37.9 Å². The lowest BCUT2D eigenvalue weighted by atomic mass is 9.79. The van der Waals surface area contributed by atoms with Crippen LogP contribution in [0.3, 0.4) is 0 Å². The van der Waals surface area contributed by atoms with Crippen molar-refractivity contribution in [1.29, 1.82) is 0 Å². The topological polar surface area (TPSA) is 15.3 Å². The first-order valence-electron chi connectivity index (χ1n) is 9.24. The van der Waals surface area contributed by atoms with Crippen LogP contribution in [0.4, 0.5) is 0 Å². The minimum atomic E-state index is 0.737. The van der Waals surface area contributed by atoms with Crippen LogP contribution >= 0.6 is 0 Å². The van der Waals surface area contributed by atoms with Crippen LogP contribution in [0.25, 0.3) is 0 Å². The van der Waals surface area contributed by atoms with Crippen LogP contribution in [-0.4, -0.2) is 36.6 Å². The summed E-state index contributed by atoms with van der Waals surface area (Å²) in [6, 6.07) is 1.52. The van der Waals surface area contributed by atoms with Gasteiger partial charge in [0.05, 0.1) is 0 Å². The molecule has 0 aliphatic heterocycles. The molecule has 20 heavy (non-hydrogen) atoms. The molecule has 0 aromatic rings. The average Bonchev–Trinajstić information content (AvgIpc) is 2.46. The van der Waals surface area contributed by atoms with Crippen molar-refractivity contribution >= 4 is 0 Å². The molecule has 1 saturated carbocycles. The Balaban J connectivity index is 2.66. The lowest BCUT2D eigenvalue weighted by Gasteiger charge is -2.43. The van der Waals surface area contributed by atoms with E-state index in [0.717, 1.165) is 18.0 Å². The highest BCUT2D eigenvalue weighted by atomic mass is 15.2. The fourth-order valence-corrected chi connectivity index (χ4v) is 3.89. The van der Waals surface area contributed by atoms with E-state index < -0.39 is 0 Å². The van der Waals surface area contributed by atoms with Gasteiger partial charge in [-0.3, -0.25) is 4.90 Å². The fourth-order valence-electron chi connectivity index (χ4n) is 3.89. The number of nitrogens with one attached hydrogen (secondary N) is 1. The Morgan fingerprint density at radius 3 is 2.15 bits per heavy atom. The van der Waals surface area contributed by atoms with Gasteiger partial charge >= 0.3 is 0 Å². The summed E-state index contributed by atoms with van der Waals surface area (Å²) in [6.45, 7) is 13.0. The van der Waals surface area contributed by atoms with Crippen LogP contribution in [0.15, 0.2) is 0 Å². The highest BCUT2D eigenvalue weighted by Crippen LogP contribution is 2.31. The van der Waals surface area contributed by atoms with E-state index in [1.165, 1.54) is 71.0 Å². The third-order valence-corrected chi connectivity index (χ3v) is 4.77. The average molecular weight is 283 g/mol. The molecule has 0 amide bonds. The highest BCUT2D eigenvalue weighted by Gasteiger charge is 2.32. The standard InChI is InChI=1S/C18H38N2/c1-5-9-16-10-11-17(19-12-6-2)18(15-16)20(13-7-3)14-8-4/h16-19H,5-15H2,1-4H3. The van der Waals surface area contributed by atoms with E-state index in [1.54, 1.807) is 0 Å². The summed E-state index contributed by atoms with van der Waals surface area (Å²) in [6.07, 6.45) is 10.9. The lowest BCUT2D eigenvalue weighted by Crippen LogP contribution is -2.53. The molecular weight excluding hydrogens is 244 g/mol. The number of nitrogens with zero attached hydrogens (tertiary/aromatic N) is 1. The van der Waals surface area contributed by atoms with Gasteiger partial charge in [0.2, 0.25) is 0 Å². The van der Waals surface area contributed by atoms with Gasteiger partial charge in [-0.1, -0.05) is 40.5 Å². The Kier molecular flexibility index (Phi) is 9.54. The molecule has 1 rings (SSSR count). The third kappa shape index (κ3) is 5.73. The predicted octanol–water partition coefficient (Wildman–Crippen LogP) is 4.45. The minimum Gasteiger partial charge on any atom is -0.312 e. The van der Waals surface area contributed by atoms with Crippen molar-refractivity contribution in [3.63, 3.8) is 0 Å². The van der Waals surface area contributed by atoms with E-state index in [4.69, 9.17) is 0 Å². The van der Waals surface area contributed by atoms with Crippen molar-refractivity contribution in [1.82, 2.24) is 10.2 Å². The van der Waals surface area contributed by atoms with E-state index in [9.17, 15) is 0 Å². The van der Waals surface area contributed by atoms with Gasteiger partial charge in [0.25, 0.3) is 0 Å². The van der Waals surface area contributed by atoms with Gasteiger partial charge in [-0.2, -0.15) is 0 Å². The van der Waals surface area contributed by atoms with E-state index in [-0.39, 0.29) is 0 Å². The van der Waals surface area contributed by atoms with E-state index in [1.807, 2.05) is 0 Å². The molecular formula is C18H38N2. The molecule has 0 heterocycles. The minimum absolute atomic E-state index is 0.737. The van der Waals surface area contributed by atoms with Crippen LogP contribution < -0.4 is 5.32 Å². The molecule has 1 aliphatic carbocycles. The van der Waals surface area contributed by atoms with Gasteiger partial charge in [0.15, 0.2) is 0 Å². The second kappa shape index (κ2) is 10.6. The zero-order valence-electron chi connectivity index (χ0n) is 14.5. The fraction of sp³-hybridized carbons (Fsp3) is 1.00. The normalized spacial score (nSPS) is 27.1. The Labute approximate surface area is 127 Å². The van der Waals surface area contributed by atoms with E-state index in [0.29, 0.717) is 0 Å². The molecule has 3 unspecified atom stereocenters. The van der Waals surface area contributed by atoms with Gasteiger partial charge in [0.1, 0.15) is 0 Å². The smallest absolute Gasteiger partial charge is 0.0251 e. The second-order valence-electron chi connectivity index (χ2n) is 6.63. The Morgan fingerprint density at radius 1 is 0.900 bits per heavy atom.